The molecule has 0 radical (unpaired) electrons. The molecule has 4 fully saturated rings. The van der Waals surface area contributed by atoms with Crippen molar-refractivity contribution in [2.24, 2.45) is 23.2 Å². The quantitative estimate of drug-likeness (QED) is 0.176. The number of rotatable bonds is 17. The minimum absolute atomic E-state index is 0.00906. The highest BCUT2D eigenvalue weighted by molar-refractivity contribution is 7.88. The minimum atomic E-state index is -3.55. The molecular weight excluding hydrogens is 529 g/mol. The van der Waals surface area contributed by atoms with Gasteiger partial charge in [0.1, 0.15) is 6.04 Å². The molecule has 1 heterocycles. The number of carbonyl (C=O) groups excluding carboxylic acids is 2. The fourth-order valence-electron chi connectivity index (χ4n) is 7.05. The van der Waals surface area contributed by atoms with Crippen LogP contribution in [0.15, 0.2) is 0 Å². The fourth-order valence-corrected chi connectivity index (χ4v) is 7.52. The maximum Gasteiger partial charge on any atom is 0.481 e. The summed E-state index contributed by atoms with van der Waals surface area (Å²) in [6.45, 7) is 12.9. The molecule has 0 aromatic heterocycles. The highest BCUT2D eigenvalue weighted by atomic mass is 32.2. The Morgan fingerprint density at radius 1 is 1.00 bits per heavy atom. The third-order valence-corrected chi connectivity index (χ3v) is 10.3. The number of sulfonamides is 1. The second-order valence-electron chi connectivity index (χ2n) is 13.7. The van der Waals surface area contributed by atoms with Crippen molar-refractivity contribution in [3.05, 3.63) is 0 Å². The van der Waals surface area contributed by atoms with Crippen molar-refractivity contribution in [3.63, 3.8) is 0 Å². The van der Waals surface area contributed by atoms with Crippen molar-refractivity contribution >= 4 is 29.0 Å². The maximum absolute atomic E-state index is 13.5. The summed E-state index contributed by atoms with van der Waals surface area (Å²) >= 11 is 0. The first kappa shape index (κ1) is 33.3. The molecule has 0 spiro atoms. The van der Waals surface area contributed by atoms with Crippen LogP contribution >= 0.6 is 0 Å². The van der Waals surface area contributed by atoms with Crippen molar-refractivity contribution in [3.8, 4) is 0 Å². The predicted octanol–water partition coefficient (Wildman–Crippen LogP) is 3.96. The van der Waals surface area contributed by atoms with Crippen LogP contribution in [0.25, 0.3) is 0 Å². The molecule has 6 atom stereocenters. The summed E-state index contributed by atoms with van der Waals surface area (Å²) in [6.07, 6.45) is 11.7. The summed E-state index contributed by atoms with van der Waals surface area (Å²) in [5.74, 6) is 0.175. The summed E-state index contributed by atoms with van der Waals surface area (Å²) < 4.78 is 39.1. The average Bonchev–Trinajstić information content (AvgIpc) is 3.21. The Hall–Kier alpha value is -1.17. The van der Waals surface area contributed by atoms with Crippen LogP contribution in [0.2, 0.25) is 0 Å². The molecule has 3 aliphatic carbocycles. The number of carbonyl (C=O) groups is 2. The number of nitrogens with one attached hydrogen (secondary N) is 3. The first-order valence-electron chi connectivity index (χ1n) is 15.5. The van der Waals surface area contributed by atoms with Gasteiger partial charge in [-0.25, -0.2) is 13.1 Å². The molecular formula is C29H54BN3O6S. The van der Waals surface area contributed by atoms with E-state index in [0.717, 1.165) is 38.4 Å². The molecule has 4 rings (SSSR count). The third-order valence-electron chi connectivity index (χ3n) is 9.56. The van der Waals surface area contributed by atoms with Gasteiger partial charge in [0.15, 0.2) is 0 Å². The lowest BCUT2D eigenvalue weighted by molar-refractivity contribution is -0.199. The molecule has 1 saturated heterocycles. The van der Waals surface area contributed by atoms with Gasteiger partial charge < -0.3 is 19.9 Å². The lowest BCUT2D eigenvalue weighted by Crippen LogP contribution is -2.65. The van der Waals surface area contributed by atoms with E-state index < -0.39 is 40.6 Å². The number of hydrogen-bond donors (Lipinski definition) is 3. The van der Waals surface area contributed by atoms with Gasteiger partial charge in [-0.2, -0.15) is 0 Å². The first-order chi connectivity index (χ1) is 18.7. The Bertz CT molecular complexity index is 977. The molecule has 4 aliphatic rings. The van der Waals surface area contributed by atoms with Crippen molar-refractivity contribution in [1.82, 2.24) is 15.4 Å². The van der Waals surface area contributed by atoms with E-state index in [1.54, 1.807) is 0 Å². The van der Waals surface area contributed by atoms with Gasteiger partial charge in [-0.05, 0) is 55.8 Å². The van der Waals surface area contributed by atoms with Gasteiger partial charge in [0.2, 0.25) is 21.8 Å². The Balaban J connectivity index is 1.62. The SMILES string of the molecule is CCCCCCCCCC(=O)N[C@@H](CNS(C)(=O)=O)C(=O)N[C@@H](CC(C)C)B1O[C@@H]2C[C@H]3C[C@H](C3(C)C)[C@]2(C)O1. The van der Waals surface area contributed by atoms with Crippen LogP contribution in [0.1, 0.15) is 112 Å². The number of hydrogen-bond acceptors (Lipinski definition) is 6. The van der Waals surface area contributed by atoms with E-state index in [0.29, 0.717) is 24.7 Å². The summed E-state index contributed by atoms with van der Waals surface area (Å²) in [6, 6.07) is -1.03. The van der Waals surface area contributed by atoms with E-state index in [2.05, 4.69) is 56.9 Å². The van der Waals surface area contributed by atoms with Crippen molar-refractivity contribution < 1.29 is 27.3 Å². The predicted molar refractivity (Wildman–Crippen MR) is 159 cm³/mol. The van der Waals surface area contributed by atoms with Gasteiger partial charge in [0.05, 0.1) is 23.9 Å². The van der Waals surface area contributed by atoms with E-state index in [1.165, 1.54) is 25.7 Å². The van der Waals surface area contributed by atoms with Gasteiger partial charge in [0.25, 0.3) is 0 Å². The summed E-state index contributed by atoms with van der Waals surface area (Å²) in [5.41, 5.74) is -0.187. The Kier molecular flexibility index (Phi) is 11.6. The molecule has 0 aromatic carbocycles. The van der Waals surface area contributed by atoms with Gasteiger partial charge in [-0.1, -0.05) is 73.1 Å². The Morgan fingerprint density at radius 3 is 2.25 bits per heavy atom. The standard InChI is InChI=1S/C29H54BN3O6S/c1-8-9-10-11-12-13-14-15-26(34)32-22(19-31-40(7,36)37)27(35)33-25(16-20(2)3)30-38-24-18-21-17-23(28(21,4)5)29(24,6)39-30/h20-25,31H,8-19H2,1-7H3,(H,32,34)(H,33,35)/t21-,22+,23-,24-,25+,29+/m1/s1. The van der Waals surface area contributed by atoms with Gasteiger partial charge in [0, 0.05) is 13.0 Å². The second kappa shape index (κ2) is 13.9. The van der Waals surface area contributed by atoms with Crippen molar-refractivity contribution in [2.75, 3.05) is 12.8 Å². The van der Waals surface area contributed by atoms with Crippen LogP contribution in [0.3, 0.4) is 0 Å². The van der Waals surface area contributed by atoms with E-state index in [1.807, 2.05) is 0 Å². The zero-order chi connectivity index (χ0) is 29.7. The molecule has 1 aliphatic heterocycles. The molecule has 11 heteroatoms. The van der Waals surface area contributed by atoms with E-state index in [4.69, 9.17) is 9.31 Å². The summed E-state index contributed by atoms with van der Waals surface area (Å²) in [5, 5.41) is 5.84. The van der Waals surface area contributed by atoms with E-state index >= 15 is 0 Å². The maximum atomic E-state index is 13.5. The lowest BCUT2D eigenvalue weighted by atomic mass is 9.43. The summed E-state index contributed by atoms with van der Waals surface area (Å²) in [7, 11) is -4.14. The van der Waals surface area contributed by atoms with Gasteiger partial charge in [-0.15, -0.1) is 0 Å². The molecule has 0 unspecified atom stereocenters. The smallest absolute Gasteiger partial charge is 0.404 e. The molecule has 230 valence electrons. The lowest BCUT2D eigenvalue weighted by Gasteiger charge is -2.64. The van der Waals surface area contributed by atoms with E-state index in [9.17, 15) is 18.0 Å². The second-order valence-corrected chi connectivity index (χ2v) is 15.5. The van der Waals surface area contributed by atoms with Gasteiger partial charge >= 0.3 is 7.12 Å². The average molecular weight is 584 g/mol. The highest BCUT2D eigenvalue weighted by Gasteiger charge is 2.68. The normalized spacial score (nSPS) is 28.5. The topological polar surface area (TPSA) is 123 Å². The largest absolute Gasteiger partial charge is 0.481 e. The minimum Gasteiger partial charge on any atom is -0.404 e. The Morgan fingerprint density at radius 2 is 1.65 bits per heavy atom. The molecule has 2 amide bonds. The molecule has 3 saturated carbocycles. The molecule has 40 heavy (non-hydrogen) atoms. The number of amides is 2. The van der Waals surface area contributed by atoms with Crippen molar-refractivity contribution in [1.29, 1.82) is 0 Å². The van der Waals surface area contributed by atoms with Crippen LogP contribution in [0.5, 0.6) is 0 Å². The number of unbranched alkanes of at least 4 members (excludes halogenated alkanes) is 6. The fraction of sp³-hybridized carbons (Fsp3) is 0.931. The zero-order valence-corrected chi connectivity index (χ0v) is 26.7. The van der Waals surface area contributed by atoms with Gasteiger partial charge in [-0.3, -0.25) is 9.59 Å². The van der Waals surface area contributed by atoms with Crippen LogP contribution in [-0.4, -0.2) is 63.8 Å². The summed E-state index contributed by atoms with van der Waals surface area (Å²) in [4.78, 5) is 26.3. The van der Waals surface area contributed by atoms with Crippen LogP contribution in [-0.2, 0) is 28.9 Å². The first-order valence-corrected chi connectivity index (χ1v) is 17.4. The highest BCUT2D eigenvalue weighted by Crippen LogP contribution is 2.65. The van der Waals surface area contributed by atoms with E-state index in [-0.39, 0.29) is 29.9 Å². The van der Waals surface area contributed by atoms with Crippen LogP contribution in [0.4, 0.5) is 0 Å². The zero-order valence-electron chi connectivity index (χ0n) is 25.9. The third kappa shape index (κ3) is 8.45. The monoisotopic (exact) mass is 583 g/mol. The van der Waals surface area contributed by atoms with Crippen LogP contribution < -0.4 is 15.4 Å². The molecule has 3 N–H and O–H groups in total. The van der Waals surface area contributed by atoms with Crippen molar-refractivity contribution in [2.45, 2.75) is 136 Å². The molecule has 9 nitrogen and oxygen atoms in total. The molecule has 0 aromatic rings. The molecule has 2 bridgehead atoms. The Labute approximate surface area is 243 Å². The van der Waals surface area contributed by atoms with Crippen LogP contribution in [0, 0.1) is 23.2 Å².